The molecule has 0 amide bonds. The van der Waals surface area contributed by atoms with Crippen molar-refractivity contribution in [3.63, 3.8) is 0 Å². The molecule has 0 heterocycles. The van der Waals surface area contributed by atoms with Crippen LogP contribution in [-0.4, -0.2) is 18.1 Å². The van der Waals surface area contributed by atoms with Gasteiger partial charge in [0.2, 0.25) is 0 Å². The summed E-state index contributed by atoms with van der Waals surface area (Å²) >= 11 is 4.02. The molecule has 0 aromatic carbocycles. The van der Waals surface area contributed by atoms with Gasteiger partial charge in [-0.1, -0.05) is 0 Å². The number of thiocarbonyl (C=S) groups is 1. The minimum atomic E-state index is -4.61. The Morgan fingerprint density at radius 2 is 2.11 bits per heavy atom. The first-order chi connectivity index (χ1) is 3.92. The van der Waals surface area contributed by atoms with Gasteiger partial charge in [-0.2, -0.15) is 8.42 Å². The van der Waals surface area contributed by atoms with Gasteiger partial charge >= 0.3 is 10.4 Å². The fourth-order valence-electron chi connectivity index (χ4n) is 0.0765. The molecule has 0 saturated carbocycles. The minimum Gasteiger partial charge on any atom is -0.358 e. The van der Waals surface area contributed by atoms with E-state index in [1.807, 2.05) is 0 Å². The second-order valence-electron chi connectivity index (χ2n) is 0.898. The van der Waals surface area contributed by atoms with E-state index < -0.39 is 15.6 Å². The molecule has 0 aromatic heterocycles. The molecule has 0 rings (SSSR count). The Bertz CT molecular complexity index is 193. The van der Waals surface area contributed by atoms with E-state index in [0.717, 1.165) is 0 Å². The van der Waals surface area contributed by atoms with Crippen LogP contribution >= 0.6 is 12.2 Å². The summed E-state index contributed by atoms with van der Waals surface area (Å²) < 4.78 is 30.3. The predicted octanol–water partition coefficient (Wildman–Crippen LogP) is -1.02. The van der Waals surface area contributed by atoms with Crippen LogP contribution in [-0.2, 0) is 19.6 Å². The smallest absolute Gasteiger partial charge is 0.358 e. The van der Waals surface area contributed by atoms with Crippen LogP contribution < -0.4 is 5.73 Å². The summed E-state index contributed by atoms with van der Waals surface area (Å²) in [4.78, 5) is 3.58. The number of nitrogens with two attached hydrogens (primary N) is 1. The normalized spacial score (nSPS) is 10.8. The van der Waals surface area contributed by atoms with E-state index in [9.17, 15) is 8.42 Å². The molecule has 6 nitrogen and oxygen atoms in total. The van der Waals surface area contributed by atoms with Crippen LogP contribution in [0.25, 0.3) is 0 Å². The Morgan fingerprint density at radius 3 is 2.22 bits per heavy atom. The van der Waals surface area contributed by atoms with Gasteiger partial charge in [0.15, 0.2) is 0 Å². The van der Waals surface area contributed by atoms with Crippen molar-refractivity contribution < 1.29 is 22.2 Å². The highest BCUT2D eigenvalue weighted by atomic mass is 32.3. The van der Waals surface area contributed by atoms with E-state index in [0.29, 0.717) is 0 Å². The van der Waals surface area contributed by atoms with Gasteiger partial charge in [-0.3, -0.25) is 9.44 Å². The van der Waals surface area contributed by atoms with Gasteiger partial charge in [0.1, 0.15) is 0 Å². The maximum atomic E-state index is 9.63. The first-order valence-electron chi connectivity index (χ1n) is 1.55. The molecule has 8 heteroatoms. The lowest BCUT2D eigenvalue weighted by atomic mass is 11.4. The SMILES string of the molecule is NC(=S)OOS(=O)(=O)O. The van der Waals surface area contributed by atoms with Crippen LogP contribution in [0, 0.1) is 0 Å². The Hall–Kier alpha value is -0.440. The van der Waals surface area contributed by atoms with Crippen molar-refractivity contribution in [2.45, 2.75) is 0 Å². The summed E-state index contributed by atoms with van der Waals surface area (Å²) in [6, 6.07) is 0. The Kier molecular flexibility index (Phi) is 2.77. The number of hydrogen-bond acceptors (Lipinski definition) is 5. The second kappa shape index (κ2) is 2.92. The van der Waals surface area contributed by atoms with Gasteiger partial charge in [-0.05, 0) is 16.6 Å². The molecule has 0 aliphatic carbocycles. The van der Waals surface area contributed by atoms with Crippen LogP contribution in [0.1, 0.15) is 0 Å². The van der Waals surface area contributed by atoms with Crippen molar-refractivity contribution in [2.75, 3.05) is 0 Å². The molecule has 0 bridgehead atoms. The van der Waals surface area contributed by atoms with Gasteiger partial charge in [0, 0.05) is 0 Å². The molecule has 0 aromatic rings. The van der Waals surface area contributed by atoms with Crippen molar-refractivity contribution in [1.82, 2.24) is 0 Å². The van der Waals surface area contributed by atoms with E-state index in [-0.39, 0.29) is 0 Å². The molecule has 3 N–H and O–H groups in total. The molecule has 0 saturated heterocycles. The molecular weight excluding hydrogens is 170 g/mol. The summed E-state index contributed by atoms with van der Waals surface area (Å²) in [5.74, 6) is 0. The van der Waals surface area contributed by atoms with Crippen LogP contribution in [0.2, 0.25) is 0 Å². The van der Waals surface area contributed by atoms with Crippen molar-refractivity contribution in [2.24, 2.45) is 5.73 Å². The topological polar surface area (TPSA) is 98.9 Å². The third-order valence-corrected chi connectivity index (χ3v) is 0.510. The molecule has 0 aliphatic heterocycles. The van der Waals surface area contributed by atoms with Gasteiger partial charge < -0.3 is 5.73 Å². The maximum absolute atomic E-state index is 9.63. The largest absolute Gasteiger partial charge is 0.432 e. The third kappa shape index (κ3) is 7.56. The summed E-state index contributed by atoms with van der Waals surface area (Å²) in [6.07, 6.45) is 0. The zero-order chi connectivity index (χ0) is 7.49. The first-order valence-corrected chi connectivity index (χ1v) is 3.32. The fourth-order valence-corrected chi connectivity index (χ4v) is 0.313. The molecule has 9 heavy (non-hydrogen) atoms. The molecule has 0 atom stereocenters. The Balaban J connectivity index is 3.67. The van der Waals surface area contributed by atoms with E-state index in [1.54, 1.807) is 0 Å². The van der Waals surface area contributed by atoms with E-state index >= 15 is 0 Å². The predicted molar refractivity (Wildman–Crippen MR) is 30.5 cm³/mol. The standard InChI is InChI=1S/CH3NO5S2/c2-1(8)6-7-9(3,4)5/h(H2,2,8)(H,3,4,5). The second-order valence-corrected chi connectivity index (χ2v) is 2.29. The van der Waals surface area contributed by atoms with Crippen LogP contribution in [0.15, 0.2) is 0 Å². The van der Waals surface area contributed by atoms with E-state index in [2.05, 4.69) is 27.2 Å². The molecule has 0 aliphatic rings. The Morgan fingerprint density at radius 1 is 1.67 bits per heavy atom. The highest BCUT2D eigenvalue weighted by Gasteiger charge is 2.05. The average molecular weight is 173 g/mol. The molecule has 54 valence electrons. The van der Waals surface area contributed by atoms with Gasteiger partial charge in [0.05, 0.1) is 0 Å². The minimum absolute atomic E-state index is 0.632. The van der Waals surface area contributed by atoms with Crippen LogP contribution in [0.4, 0.5) is 0 Å². The van der Waals surface area contributed by atoms with Crippen LogP contribution in [0.3, 0.4) is 0 Å². The molecular formula is CH3NO5S2. The van der Waals surface area contributed by atoms with E-state index in [1.165, 1.54) is 0 Å². The third-order valence-electron chi connectivity index (χ3n) is 0.202. The molecule has 0 fully saturated rings. The first kappa shape index (κ1) is 8.56. The van der Waals surface area contributed by atoms with Crippen molar-refractivity contribution >= 4 is 27.8 Å². The monoisotopic (exact) mass is 173 g/mol. The average Bonchev–Trinajstić information content (AvgIpc) is 1.59. The lowest BCUT2D eigenvalue weighted by Gasteiger charge is -1.94. The zero-order valence-electron chi connectivity index (χ0n) is 3.97. The highest BCUT2D eigenvalue weighted by molar-refractivity contribution is 7.81. The van der Waals surface area contributed by atoms with Crippen molar-refractivity contribution in [3.05, 3.63) is 0 Å². The Labute approximate surface area is 56.4 Å². The fraction of sp³-hybridized carbons (Fsp3) is 0. The van der Waals surface area contributed by atoms with E-state index in [4.69, 9.17) is 4.55 Å². The van der Waals surface area contributed by atoms with Gasteiger partial charge in [0.25, 0.3) is 5.17 Å². The number of hydrogen-bond donors (Lipinski definition) is 2. The summed E-state index contributed by atoms with van der Waals surface area (Å²) in [6.45, 7) is 0. The van der Waals surface area contributed by atoms with Gasteiger partial charge in [-0.15, -0.1) is 0 Å². The summed E-state index contributed by atoms with van der Waals surface area (Å²) in [5, 5.41) is -0.632. The zero-order valence-corrected chi connectivity index (χ0v) is 5.61. The molecule has 0 spiro atoms. The number of rotatable bonds is 2. The molecule has 0 radical (unpaired) electrons. The van der Waals surface area contributed by atoms with Crippen molar-refractivity contribution in [3.8, 4) is 0 Å². The van der Waals surface area contributed by atoms with Crippen LogP contribution in [0.5, 0.6) is 0 Å². The van der Waals surface area contributed by atoms with Crippen molar-refractivity contribution in [1.29, 1.82) is 0 Å². The lowest BCUT2D eigenvalue weighted by Crippen LogP contribution is -2.16. The highest BCUT2D eigenvalue weighted by Crippen LogP contribution is 1.86. The molecule has 0 unspecified atom stereocenters. The lowest BCUT2D eigenvalue weighted by molar-refractivity contribution is -0.117. The quantitative estimate of drug-likeness (QED) is 0.238. The van der Waals surface area contributed by atoms with Gasteiger partial charge in [-0.25, -0.2) is 0 Å². The maximum Gasteiger partial charge on any atom is 0.432 e. The summed E-state index contributed by atoms with van der Waals surface area (Å²) in [7, 11) is -4.61. The summed E-state index contributed by atoms with van der Waals surface area (Å²) in [5.41, 5.74) is 4.61.